The van der Waals surface area contributed by atoms with Crippen molar-refractivity contribution in [3.63, 3.8) is 0 Å². The molecule has 0 amide bonds. The number of quaternary nitrogens is 2. The van der Waals surface area contributed by atoms with Gasteiger partial charge in [0, 0.05) is 36.5 Å². The lowest BCUT2D eigenvalue weighted by atomic mass is 10.3. The molecule has 26 heavy (non-hydrogen) atoms. The van der Waals surface area contributed by atoms with Crippen LogP contribution in [0.1, 0.15) is 12.8 Å². The van der Waals surface area contributed by atoms with E-state index in [0.29, 0.717) is 21.8 Å². The van der Waals surface area contributed by atoms with Crippen molar-refractivity contribution >= 4 is 34.8 Å². The smallest absolute Gasteiger partial charge is 0.288 e. The highest BCUT2D eigenvalue weighted by Crippen LogP contribution is 2.26. The molecule has 0 aliphatic carbocycles. The minimum atomic E-state index is -2.40. The topological polar surface area (TPSA) is 24.1 Å². The molecule has 1 aromatic rings. The molecule has 0 fully saturated rings. The van der Waals surface area contributed by atoms with Gasteiger partial charge in [-0.1, -0.05) is 11.8 Å². The minimum absolute atomic E-state index is 0.551. The molecule has 0 aliphatic rings. The number of nitrogens with one attached hydrogen (secondary N) is 3. The van der Waals surface area contributed by atoms with Crippen LogP contribution in [0.15, 0.2) is 29.2 Å². The van der Waals surface area contributed by atoms with Crippen LogP contribution in [0.2, 0.25) is 0 Å². The molecule has 8 heteroatoms. The van der Waals surface area contributed by atoms with Gasteiger partial charge >= 0.3 is 0 Å². The second-order valence-electron chi connectivity index (χ2n) is 6.94. The van der Waals surface area contributed by atoms with E-state index >= 15 is 0 Å². The van der Waals surface area contributed by atoms with Crippen LogP contribution in [0, 0.1) is 0 Å². The lowest BCUT2D eigenvalue weighted by Crippen LogP contribution is -3.05. The van der Waals surface area contributed by atoms with Crippen LogP contribution >= 0.6 is 24.0 Å². The van der Waals surface area contributed by atoms with Gasteiger partial charge in [-0.2, -0.15) is 8.78 Å². The number of thiocarbonyl (C=S) groups is 1. The molecule has 0 aromatic heterocycles. The van der Waals surface area contributed by atoms with Crippen LogP contribution in [-0.4, -0.2) is 70.1 Å². The number of rotatable bonds is 11. The van der Waals surface area contributed by atoms with E-state index in [9.17, 15) is 8.78 Å². The summed E-state index contributed by atoms with van der Waals surface area (Å²) in [4.78, 5) is 5.61. The Morgan fingerprint density at radius 3 is 1.96 bits per heavy atom. The largest absolute Gasteiger partial charge is 0.349 e. The summed E-state index contributed by atoms with van der Waals surface area (Å²) in [5.74, 6) is -2.40. The molecule has 1 aromatic carbocycles. The number of anilines is 1. The van der Waals surface area contributed by atoms with E-state index in [1.54, 1.807) is 24.3 Å². The molecular weight excluding hydrogens is 374 g/mol. The van der Waals surface area contributed by atoms with E-state index in [1.165, 1.54) is 9.80 Å². The Kier molecular flexibility index (Phi) is 11.0. The van der Waals surface area contributed by atoms with Gasteiger partial charge in [-0.15, -0.1) is 0 Å². The molecule has 0 spiro atoms. The number of thioether (sulfide) groups is 1. The Morgan fingerprint density at radius 1 is 1.04 bits per heavy atom. The SMILES string of the molecule is C[NH+](C)CCCN(CCC[NH+](C)C)C(=S)Nc1ccc(SC(F)F)cc1. The first-order valence-electron chi connectivity index (χ1n) is 8.96. The van der Waals surface area contributed by atoms with Crippen LogP contribution in [-0.2, 0) is 0 Å². The van der Waals surface area contributed by atoms with Crippen LogP contribution < -0.4 is 15.1 Å². The maximum atomic E-state index is 12.4. The Morgan fingerprint density at radius 2 is 1.54 bits per heavy atom. The normalized spacial score (nSPS) is 11.4. The first-order chi connectivity index (χ1) is 12.3. The molecule has 1 rings (SSSR count). The van der Waals surface area contributed by atoms with Crippen molar-refractivity contribution in [3.8, 4) is 0 Å². The van der Waals surface area contributed by atoms with Gasteiger partial charge in [-0.3, -0.25) is 0 Å². The Labute approximate surface area is 165 Å². The van der Waals surface area contributed by atoms with E-state index in [4.69, 9.17) is 12.2 Å². The number of alkyl halides is 2. The fourth-order valence-corrected chi connectivity index (χ4v) is 3.28. The Bertz CT molecular complexity index is 510. The summed E-state index contributed by atoms with van der Waals surface area (Å²) >= 11 is 6.15. The molecular formula is C18H32F2N4S2+2. The summed E-state index contributed by atoms with van der Waals surface area (Å²) in [6.45, 7) is 4.02. The van der Waals surface area contributed by atoms with Gasteiger partial charge in [0.2, 0.25) is 0 Å². The second-order valence-corrected chi connectivity index (χ2v) is 8.39. The maximum absolute atomic E-state index is 12.4. The second kappa shape index (κ2) is 12.4. The number of hydrogen-bond acceptors (Lipinski definition) is 2. The zero-order chi connectivity index (χ0) is 19.5. The lowest BCUT2D eigenvalue weighted by molar-refractivity contribution is -0.858. The standard InChI is InChI=1S/C18H30F2N4S2/c1-22(2)11-5-13-24(14-6-12-23(3)4)18(25)21-15-7-9-16(10-8-15)26-17(19)20/h7-10,17H,5-6,11-14H2,1-4H3,(H,21,25)/p+2. The predicted molar refractivity (Wildman–Crippen MR) is 111 cm³/mol. The van der Waals surface area contributed by atoms with Crippen LogP contribution in [0.25, 0.3) is 0 Å². The summed E-state index contributed by atoms with van der Waals surface area (Å²) in [7, 11) is 8.59. The van der Waals surface area contributed by atoms with Gasteiger partial charge in [0.15, 0.2) is 5.11 Å². The van der Waals surface area contributed by atoms with E-state index < -0.39 is 5.76 Å². The summed E-state index contributed by atoms with van der Waals surface area (Å²) in [5.41, 5.74) is 0.829. The van der Waals surface area contributed by atoms with Gasteiger partial charge < -0.3 is 20.0 Å². The van der Waals surface area contributed by atoms with Crippen molar-refractivity contribution in [2.45, 2.75) is 23.5 Å². The molecule has 0 atom stereocenters. The number of nitrogens with zero attached hydrogens (tertiary/aromatic N) is 1. The van der Waals surface area contributed by atoms with Crippen LogP contribution in [0.5, 0.6) is 0 Å². The van der Waals surface area contributed by atoms with E-state index in [-0.39, 0.29) is 0 Å². The van der Waals surface area contributed by atoms with E-state index in [0.717, 1.165) is 44.7 Å². The average molecular weight is 407 g/mol. The molecule has 0 bridgehead atoms. The van der Waals surface area contributed by atoms with Crippen molar-refractivity contribution in [3.05, 3.63) is 24.3 Å². The highest BCUT2D eigenvalue weighted by Gasteiger charge is 2.12. The first kappa shape index (κ1) is 23.1. The third-order valence-electron chi connectivity index (χ3n) is 3.83. The predicted octanol–water partition coefficient (Wildman–Crippen LogP) is 1.07. The number of benzene rings is 1. The quantitative estimate of drug-likeness (QED) is 0.378. The fraction of sp³-hybridized carbons (Fsp3) is 0.611. The Balaban J connectivity index is 2.61. The maximum Gasteiger partial charge on any atom is 0.288 e. The molecule has 4 nitrogen and oxygen atoms in total. The monoisotopic (exact) mass is 406 g/mol. The molecule has 0 aliphatic heterocycles. The molecule has 0 saturated heterocycles. The number of hydrogen-bond donors (Lipinski definition) is 3. The van der Waals surface area contributed by atoms with Gasteiger partial charge in [0.05, 0.1) is 41.3 Å². The van der Waals surface area contributed by atoms with Crippen molar-refractivity contribution in [1.29, 1.82) is 0 Å². The zero-order valence-corrected chi connectivity index (χ0v) is 17.8. The van der Waals surface area contributed by atoms with Crippen molar-refractivity contribution in [1.82, 2.24) is 4.90 Å². The van der Waals surface area contributed by atoms with Crippen LogP contribution in [0.3, 0.4) is 0 Å². The summed E-state index contributed by atoms with van der Waals surface area (Å²) < 4.78 is 24.8. The van der Waals surface area contributed by atoms with Gasteiger partial charge in [-0.05, 0) is 36.5 Å². The minimum Gasteiger partial charge on any atom is -0.349 e. The van der Waals surface area contributed by atoms with E-state index in [2.05, 4.69) is 38.4 Å². The first-order valence-corrected chi connectivity index (χ1v) is 10.3. The fourth-order valence-electron chi connectivity index (χ4n) is 2.48. The zero-order valence-electron chi connectivity index (χ0n) is 16.1. The van der Waals surface area contributed by atoms with Gasteiger partial charge in [-0.25, -0.2) is 0 Å². The Hall–Kier alpha value is -0.960. The molecule has 0 unspecified atom stereocenters. The average Bonchev–Trinajstić information content (AvgIpc) is 2.54. The summed E-state index contributed by atoms with van der Waals surface area (Å²) in [6.07, 6.45) is 2.14. The summed E-state index contributed by atoms with van der Waals surface area (Å²) in [6, 6.07) is 6.97. The van der Waals surface area contributed by atoms with Gasteiger partial charge in [0.25, 0.3) is 5.76 Å². The molecule has 0 saturated carbocycles. The highest BCUT2D eigenvalue weighted by atomic mass is 32.2. The molecule has 0 heterocycles. The van der Waals surface area contributed by atoms with Gasteiger partial charge in [0.1, 0.15) is 0 Å². The number of halogens is 2. The molecule has 0 radical (unpaired) electrons. The third-order valence-corrected chi connectivity index (χ3v) is 4.91. The van der Waals surface area contributed by atoms with Crippen molar-refractivity contribution in [2.75, 3.05) is 59.7 Å². The van der Waals surface area contributed by atoms with Crippen molar-refractivity contribution < 1.29 is 18.6 Å². The van der Waals surface area contributed by atoms with Crippen molar-refractivity contribution in [2.24, 2.45) is 0 Å². The summed E-state index contributed by atoms with van der Waals surface area (Å²) in [5, 5.41) is 3.94. The van der Waals surface area contributed by atoms with E-state index in [1.807, 2.05) is 0 Å². The highest BCUT2D eigenvalue weighted by molar-refractivity contribution is 7.99. The van der Waals surface area contributed by atoms with Crippen LogP contribution in [0.4, 0.5) is 14.5 Å². The molecule has 148 valence electrons. The molecule has 3 N–H and O–H groups in total. The lowest BCUT2D eigenvalue weighted by Gasteiger charge is -2.26. The third kappa shape index (κ3) is 10.3.